The van der Waals surface area contributed by atoms with Crippen molar-refractivity contribution in [3.8, 4) is 0 Å². The molecule has 2 N–H and O–H groups in total. The van der Waals surface area contributed by atoms with E-state index in [0.29, 0.717) is 0 Å². The first-order valence-corrected chi connectivity index (χ1v) is 5.50. The van der Waals surface area contributed by atoms with Crippen LogP contribution in [0.5, 0.6) is 0 Å². The Morgan fingerprint density at radius 2 is 2.21 bits per heavy atom. The quantitative estimate of drug-likeness (QED) is 0.590. The van der Waals surface area contributed by atoms with Crippen molar-refractivity contribution in [2.24, 2.45) is 0 Å². The Kier molecular flexibility index (Phi) is 5.37. The van der Waals surface area contributed by atoms with E-state index in [1.165, 1.54) is 6.92 Å². The number of esters is 1. The van der Waals surface area contributed by atoms with Crippen molar-refractivity contribution in [1.82, 2.24) is 5.32 Å². The van der Waals surface area contributed by atoms with Crippen LogP contribution in [0, 0.1) is 11.6 Å². The third-order valence-electron chi connectivity index (χ3n) is 2.38. The van der Waals surface area contributed by atoms with Crippen LogP contribution in [0.15, 0.2) is 18.2 Å². The summed E-state index contributed by atoms with van der Waals surface area (Å²) in [5.74, 6) is -2.61. The van der Waals surface area contributed by atoms with Gasteiger partial charge in [-0.25, -0.2) is 13.6 Å². The summed E-state index contributed by atoms with van der Waals surface area (Å²) in [6, 6.07) is 0.933. The van der Waals surface area contributed by atoms with E-state index in [1.54, 1.807) is 0 Å². The molecule has 0 fully saturated rings. The van der Waals surface area contributed by atoms with Crippen LogP contribution in [-0.2, 0) is 14.3 Å². The van der Waals surface area contributed by atoms with Crippen LogP contribution in [0.4, 0.5) is 8.78 Å². The molecule has 104 valence electrons. The van der Waals surface area contributed by atoms with E-state index in [0.717, 1.165) is 18.2 Å². The zero-order valence-corrected chi connectivity index (χ0v) is 10.1. The first-order valence-electron chi connectivity index (χ1n) is 5.50. The lowest BCUT2D eigenvalue weighted by molar-refractivity contribution is -0.149. The second-order valence-electron chi connectivity index (χ2n) is 3.62. The molecular formula is C12H13F2NO4. The fourth-order valence-corrected chi connectivity index (χ4v) is 1.51. The highest BCUT2D eigenvalue weighted by atomic mass is 19.1. The Morgan fingerprint density at radius 3 is 2.79 bits per heavy atom. The lowest BCUT2D eigenvalue weighted by Crippen LogP contribution is -2.42. The summed E-state index contributed by atoms with van der Waals surface area (Å²) in [7, 11) is 0. The Hall–Kier alpha value is -2.02. The maximum absolute atomic E-state index is 13.5. The van der Waals surface area contributed by atoms with Crippen LogP contribution < -0.4 is 5.32 Å². The molecule has 1 rings (SSSR count). The molecule has 0 aromatic heterocycles. The van der Waals surface area contributed by atoms with Crippen molar-refractivity contribution < 1.29 is 28.2 Å². The highest BCUT2D eigenvalue weighted by Gasteiger charge is 2.31. The van der Waals surface area contributed by atoms with E-state index in [2.05, 4.69) is 4.74 Å². The summed E-state index contributed by atoms with van der Waals surface area (Å²) in [5.41, 5.74) is -0.438. The first-order chi connectivity index (χ1) is 9.01. The molecule has 0 spiro atoms. The maximum Gasteiger partial charge on any atom is 0.331 e. The second-order valence-corrected chi connectivity index (χ2v) is 3.62. The minimum atomic E-state index is -1.75. The molecule has 19 heavy (non-hydrogen) atoms. The molecular weight excluding hydrogens is 260 g/mol. The number of aliphatic hydroxyl groups excluding tert-OH is 1. The van der Waals surface area contributed by atoms with Crippen LogP contribution in [0.1, 0.15) is 18.6 Å². The molecule has 0 bridgehead atoms. The Morgan fingerprint density at radius 1 is 1.53 bits per heavy atom. The average molecular weight is 273 g/mol. The van der Waals surface area contributed by atoms with Gasteiger partial charge in [-0.3, -0.25) is 4.79 Å². The molecule has 0 saturated heterocycles. The molecule has 1 amide bonds. The number of nitrogens with one attached hydrogen (secondary N) is 1. The third-order valence-corrected chi connectivity index (χ3v) is 2.38. The first kappa shape index (κ1) is 15.0. The topological polar surface area (TPSA) is 75.6 Å². The summed E-state index contributed by atoms with van der Waals surface area (Å²) in [5, 5.41) is 11.9. The summed E-state index contributed by atoms with van der Waals surface area (Å²) in [4.78, 5) is 21.9. The minimum absolute atomic E-state index is 0.0220. The molecule has 0 heterocycles. The maximum atomic E-state index is 13.5. The highest BCUT2D eigenvalue weighted by molar-refractivity contribution is 5.79. The summed E-state index contributed by atoms with van der Waals surface area (Å²) >= 11 is 0. The van der Waals surface area contributed by atoms with E-state index in [4.69, 9.17) is 0 Å². The molecule has 0 aliphatic heterocycles. The van der Waals surface area contributed by atoms with Gasteiger partial charge in [-0.1, -0.05) is 0 Å². The van der Waals surface area contributed by atoms with Crippen molar-refractivity contribution >= 4 is 12.4 Å². The van der Waals surface area contributed by atoms with Crippen LogP contribution in [0.25, 0.3) is 0 Å². The number of carbonyl (C=O) groups excluding carboxylic acids is 2. The van der Waals surface area contributed by atoms with Gasteiger partial charge < -0.3 is 15.2 Å². The van der Waals surface area contributed by atoms with E-state index in [9.17, 15) is 23.5 Å². The Labute approximate surface area is 108 Å². The molecule has 7 heteroatoms. The van der Waals surface area contributed by atoms with Gasteiger partial charge in [-0.2, -0.15) is 0 Å². The number of hydrogen-bond acceptors (Lipinski definition) is 4. The number of aliphatic hydroxyl groups is 1. The monoisotopic (exact) mass is 273 g/mol. The van der Waals surface area contributed by atoms with E-state index in [1.807, 2.05) is 5.32 Å². The van der Waals surface area contributed by atoms with Crippen LogP contribution in [0.3, 0.4) is 0 Å². The van der Waals surface area contributed by atoms with E-state index >= 15 is 0 Å². The number of ether oxygens (including phenoxy) is 1. The molecule has 5 nitrogen and oxygen atoms in total. The fraction of sp³-hybridized carbons (Fsp3) is 0.333. The Bertz CT molecular complexity index is 467. The van der Waals surface area contributed by atoms with Crippen molar-refractivity contribution in [3.05, 3.63) is 35.4 Å². The van der Waals surface area contributed by atoms with Gasteiger partial charge in [0.15, 0.2) is 6.04 Å². The van der Waals surface area contributed by atoms with E-state index < -0.39 is 35.3 Å². The third kappa shape index (κ3) is 3.72. The van der Waals surface area contributed by atoms with Crippen LogP contribution >= 0.6 is 0 Å². The van der Waals surface area contributed by atoms with Crippen molar-refractivity contribution in [2.75, 3.05) is 6.61 Å². The number of halogens is 2. The largest absolute Gasteiger partial charge is 0.464 e. The normalized spacial score (nSPS) is 13.5. The van der Waals surface area contributed by atoms with Crippen LogP contribution in [-0.4, -0.2) is 30.1 Å². The van der Waals surface area contributed by atoms with Gasteiger partial charge in [0.25, 0.3) is 0 Å². The standard InChI is InChI=1S/C12H13F2NO4/c1-2-19-12(18)10(15-6-16)11(17)8-5-7(13)3-4-9(8)14/h3-6,10-11,17H,2H2,1H3,(H,15,16). The SMILES string of the molecule is CCOC(=O)C(NC=O)C(O)c1cc(F)ccc1F. The number of rotatable bonds is 6. The molecule has 0 aliphatic carbocycles. The summed E-state index contributed by atoms with van der Waals surface area (Å²) in [6.07, 6.45) is -1.58. The lowest BCUT2D eigenvalue weighted by atomic mass is 10.0. The molecule has 0 aliphatic rings. The van der Waals surface area contributed by atoms with Gasteiger partial charge in [0.2, 0.25) is 6.41 Å². The highest BCUT2D eigenvalue weighted by Crippen LogP contribution is 2.22. The number of benzene rings is 1. The number of amides is 1. The Balaban J connectivity index is 3.04. The smallest absolute Gasteiger partial charge is 0.331 e. The predicted molar refractivity (Wildman–Crippen MR) is 60.9 cm³/mol. The summed E-state index contributed by atoms with van der Waals surface area (Å²) < 4.78 is 31.1. The molecule has 1 aromatic carbocycles. The van der Waals surface area contributed by atoms with Gasteiger partial charge in [0, 0.05) is 5.56 Å². The zero-order valence-electron chi connectivity index (χ0n) is 10.1. The van der Waals surface area contributed by atoms with Crippen molar-refractivity contribution in [2.45, 2.75) is 19.1 Å². The van der Waals surface area contributed by atoms with Crippen molar-refractivity contribution in [1.29, 1.82) is 0 Å². The van der Waals surface area contributed by atoms with Crippen molar-refractivity contribution in [3.63, 3.8) is 0 Å². The summed E-state index contributed by atoms with van der Waals surface area (Å²) in [6.45, 7) is 1.55. The molecule has 1 aromatic rings. The fourth-order valence-electron chi connectivity index (χ4n) is 1.51. The molecule has 2 atom stereocenters. The molecule has 2 unspecified atom stereocenters. The number of carbonyl (C=O) groups is 2. The zero-order chi connectivity index (χ0) is 14.4. The molecule has 0 radical (unpaired) electrons. The van der Waals surface area contributed by atoms with Gasteiger partial charge in [-0.15, -0.1) is 0 Å². The average Bonchev–Trinajstić information content (AvgIpc) is 2.38. The van der Waals surface area contributed by atoms with Gasteiger partial charge >= 0.3 is 5.97 Å². The van der Waals surface area contributed by atoms with Gasteiger partial charge in [0.05, 0.1) is 6.61 Å². The second kappa shape index (κ2) is 6.79. The van der Waals surface area contributed by atoms with E-state index in [-0.39, 0.29) is 13.0 Å². The molecule has 0 saturated carbocycles. The number of hydrogen-bond donors (Lipinski definition) is 2. The predicted octanol–water partition coefficient (Wildman–Crippen LogP) is 0.676. The minimum Gasteiger partial charge on any atom is -0.464 e. The van der Waals surface area contributed by atoms with Crippen LogP contribution in [0.2, 0.25) is 0 Å². The van der Waals surface area contributed by atoms with Gasteiger partial charge in [-0.05, 0) is 25.1 Å². The van der Waals surface area contributed by atoms with Gasteiger partial charge in [0.1, 0.15) is 17.7 Å². The lowest BCUT2D eigenvalue weighted by Gasteiger charge is -2.21.